The van der Waals surface area contributed by atoms with E-state index in [1.54, 1.807) is 42.5 Å². The van der Waals surface area contributed by atoms with Crippen LogP contribution in [0.4, 0.5) is 5.69 Å². The maximum Gasteiger partial charge on any atom is 0.260 e. The molecule has 4 amide bonds. The fourth-order valence-electron chi connectivity index (χ4n) is 8.48. The number of carbonyl (C=O) groups excluding carboxylic acids is 4. The monoisotopic (exact) mass is 705 g/mol. The van der Waals surface area contributed by atoms with Crippen molar-refractivity contribution in [3.05, 3.63) is 87.4 Å². The summed E-state index contributed by atoms with van der Waals surface area (Å²) < 4.78 is 16.7. The Balaban J connectivity index is 1.52. The molecule has 11 nitrogen and oxygen atoms in total. The van der Waals surface area contributed by atoms with Crippen molar-refractivity contribution in [1.82, 2.24) is 9.91 Å². The van der Waals surface area contributed by atoms with Crippen molar-refractivity contribution < 1.29 is 38.5 Å². The number of methoxy groups -OCH3 is 3. The maximum absolute atomic E-state index is 15.3. The van der Waals surface area contributed by atoms with Crippen molar-refractivity contribution in [2.75, 3.05) is 33.8 Å². The number of anilines is 1. The van der Waals surface area contributed by atoms with Crippen LogP contribution in [-0.4, -0.2) is 67.0 Å². The molecule has 7 rings (SSSR count). The Morgan fingerprint density at radius 3 is 2.22 bits per heavy atom. The normalized spacial score (nSPS) is 27.4. The van der Waals surface area contributed by atoms with Crippen molar-refractivity contribution >= 4 is 52.5 Å². The van der Waals surface area contributed by atoms with Crippen molar-refractivity contribution in [2.24, 2.45) is 23.7 Å². The Kier molecular flexibility index (Phi) is 8.03. The predicted molar refractivity (Wildman–Crippen MR) is 180 cm³/mol. The molecule has 2 aliphatic carbocycles. The number of rotatable bonds is 7. The number of likely N-dealkylation sites (tertiary alicyclic amines) is 1. The Bertz CT molecular complexity index is 1950. The number of benzene rings is 3. The van der Waals surface area contributed by atoms with E-state index in [0.29, 0.717) is 27.7 Å². The molecule has 0 bridgehead atoms. The Hall–Kier alpha value is -4.74. The van der Waals surface area contributed by atoms with Gasteiger partial charge in [-0.2, -0.15) is 5.01 Å². The number of hydrogen-bond acceptors (Lipinski definition) is 9. The van der Waals surface area contributed by atoms with Gasteiger partial charge in [0.05, 0.1) is 55.2 Å². The molecule has 13 heteroatoms. The van der Waals surface area contributed by atoms with Gasteiger partial charge in [0.25, 0.3) is 11.8 Å². The number of carbonyl (C=O) groups is 4. The average molecular weight is 707 g/mol. The van der Waals surface area contributed by atoms with Crippen molar-refractivity contribution in [1.29, 1.82) is 0 Å². The second-order valence-electron chi connectivity index (χ2n) is 12.7. The van der Waals surface area contributed by atoms with Crippen molar-refractivity contribution in [3.63, 3.8) is 0 Å². The first-order valence-corrected chi connectivity index (χ1v) is 16.4. The van der Waals surface area contributed by atoms with Gasteiger partial charge in [-0.15, -0.1) is 0 Å². The number of nitrogens with one attached hydrogen (secondary N) is 1. The van der Waals surface area contributed by atoms with E-state index in [0.717, 1.165) is 9.91 Å². The van der Waals surface area contributed by atoms with Crippen LogP contribution in [0.3, 0.4) is 0 Å². The predicted octanol–water partition coefficient (Wildman–Crippen LogP) is 5.34. The number of halogens is 2. The topological polar surface area (TPSA) is 135 Å². The number of fused-ring (bicyclic) bond motifs is 4. The van der Waals surface area contributed by atoms with E-state index in [2.05, 4.69) is 5.43 Å². The number of nitrogens with zero attached hydrogens (tertiary/aromatic N) is 2. The molecule has 2 saturated heterocycles. The van der Waals surface area contributed by atoms with E-state index in [1.807, 2.05) is 6.08 Å². The number of hydrogen-bond donors (Lipinski definition) is 2. The number of phenols is 1. The van der Waals surface area contributed by atoms with Crippen LogP contribution in [0.5, 0.6) is 23.0 Å². The molecule has 2 N–H and O–H groups in total. The third kappa shape index (κ3) is 4.69. The molecule has 0 radical (unpaired) electrons. The average Bonchev–Trinajstić information content (AvgIpc) is 3.45. The first kappa shape index (κ1) is 32.8. The SMILES string of the molecule is COc1ccc([C@@]23C(=O)N(Nc4ccc(Cl)cc4Cl)C(=O)[C@@H]2C[C@@H]2C(=CC[C@@H]4C(=O)N(C)C(=O)[C@@H]42)[C@@H]3c2c(O)cc(OC)cc2OC)cc1. The van der Waals surface area contributed by atoms with Gasteiger partial charge in [-0.05, 0) is 54.7 Å². The zero-order chi connectivity index (χ0) is 34.9. The van der Waals surface area contributed by atoms with E-state index >= 15 is 4.79 Å². The second-order valence-corrected chi connectivity index (χ2v) is 13.6. The molecule has 3 aromatic rings. The van der Waals surface area contributed by atoms with Gasteiger partial charge < -0.3 is 19.3 Å². The lowest BCUT2D eigenvalue weighted by Crippen LogP contribution is -2.53. The maximum atomic E-state index is 15.3. The van der Waals surface area contributed by atoms with Gasteiger partial charge in [0.2, 0.25) is 11.8 Å². The zero-order valence-electron chi connectivity index (χ0n) is 27.0. The highest BCUT2D eigenvalue weighted by molar-refractivity contribution is 6.36. The van der Waals surface area contributed by atoms with Crippen LogP contribution < -0.4 is 19.6 Å². The molecule has 2 heterocycles. The van der Waals surface area contributed by atoms with Gasteiger partial charge in [-0.25, -0.2) is 0 Å². The van der Waals surface area contributed by atoms with Crippen LogP contribution in [0.15, 0.2) is 66.2 Å². The summed E-state index contributed by atoms with van der Waals surface area (Å²) >= 11 is 12.6. The van der Waals surface area contributed by atoms with Gasteiger partial charge in [0, 0.05) is 35.7 Å². The first-order chi connectivity index (χ1) is 23.5. The van der Waals surface area contributed by atoms with Gasteiger partial charge in [-0.3, -0.25) is 29.5 Å². The standard InChI is InChI=1S/C36H33Cl2N3O8/c1-40-32(43)22-11-10-21-23(29(22)34(40)45)16-24-33(44)41(39-26-12-7-18(37)13-25(26)38)35(46)36(24,17-5-8-19(47-2)9-6-17)31(21)30-27(42)14-20(48-3)15-28(30)49-4/h5-10,12-15,22-24,29,31,39,42H,11,16H2,1-4H3/t22-,23+,24-,29-,31+,36+/m0/s1. The molecule has 1 saturated carbocycles. The molecule has 0 unspecified atom stereocenters. The van der Waals surface area contributed by atoms with Gasteiger partial charge in [-0.1, -0.05) is 47.0 Å². The van der Waals surface area contributed by atoms with Gasteiger partial charge >= 0.3 is 0 Å². The lowest BCUT2D eigenvalue weighted by atomic mass is 9.49. The van der Waals surface area contributed by atoms with Crippen LogP contribution in [-0.2, 0) is 24.6 Å². The van der Waals surface area contributed by atoms with E-state index in [1.165, 1.54) is 40.5 Å². The molecule has 2 aliphatic heterocycles. The minimum absolute atomic E-state index is 0.0821. The molecular weight excluding hydrogens is 673 g/mol. The quantitative estimate of drug-likeness (QED) is 0.247. The summed E-state index contributed by atoms with van der Waals surface area (Å²) in [5.74, 6) is -5.01. The Morgan fingerprint density at radius 2 is 1.57 bits per heavy atom. The van der Waals surface area contributed by atoms with E-state index in [4.69, 9.17) is 37.4 Å². The van der Waals surface area contributed by atoms with E-state index < -0.39 is 46.8 Å². The number of amides is 4. The summed E-state index contributed by atoms with van der Waals surface area (Å²) in [5.41, 5.74) is 2.95. The molecule has 3 aromatic carbocycles. The number of hydrazine groups is 1. The number of allylic oxidation sites excluding steroid dienone is 2. The number of ether oxygens (including phenoxy) is 3. The number of imide groups is 2. The first-order valence-electron chi connectivity index (χ1n) is 15.7. The molecule has 0 spiro atoms. The van der Waals surface area contributed by atoms with Gasteiger partial charge in [0.15, 0.2) is 0 Å². The largest absolute Gasteiger partial charge is 0.507 e. The Morgan fingerprint density at radius 1 is 0.857 bits per heavy atom. The summed E-state index contributed by atoms with van der Waals surface area (Å²) in [4.78, 5) is 58.2. The van der Waals surface area contributed by atoms with Crippen molar-refractivity contribution in [3.8, 4) is 23.0 Å². The molecule has 0 aromatic heterocycles. The summed E-state index contributed by atoms with van der Waals surface area (Å²) in [7, 11) is 5.88. The molecule has 6 atom stereocenters. The van der Waals surface area contributed by atoms with Crippen LogP contribution in [0.1, 0.15) is 29.9 Å². The zero-order valence-corrected chi connectivity index (χ0v) is 28.5. The molecule has 49 heavy (non-hydrogen) atoms. The van der Waals surface area contributed by atoms with Crippen LogP contribution in [0.2, 0.25) is 10.0 Å². The third-order valence-corrected chi connectivity index (χ3v) is 11.2. The molecule has 254 valence electrons. The van der Waals surface area contributed by atoms with Crippen LogP contribution in [0.25, 0.3) is 0 Å². The van der Waals surface area contributed by atoms with E-state index in [-0.39, 0.29) is 52.4 Å². The fraction of sp³-hybridized carbons (Fsp3) is 0.333. The highest BCUT2D eigenvalue weighted by Gasteiger charge is 2.71. The highest BCUT2D eigenvalue weighted by Crippen LogP contribution is 2.66. The lowest BCUT2D eigenvalue weighted by Gasteiger charge is -2.50. The van der Waals surface area contributed by atoms with Crippen LogP contribution >= 0.6 is 23.2 Å². The van der Waals surface area contributed by atoms with Crippen LogP contribution in [0, 0.1) is 23.7 Å². The summed E-state index contributed by atoms with van der Waals surface area (Å²) in [6, 6.07) is 14.5. The van der Waals surface area contributed by atoms with Gasteiger partial charge in [0.1, 0.15) is 23.0 Å². The smallest absolute Gasteiger partial charge is 0.260 e. The second kappa shape index (κ2) is 12.0. The minimum Gasteiger partial charge on any atom is -0.507 e. The summed E-state index contributed by atoms with van der Waals surface area (Å²) in [5, 5.41) is 13.3. The molecular formula is C36H33Cl2N3O8. The number of phenolic OH excluding ortho intramolecular Hbond substituents is 1. The fourth-order valence-corrected chi connectivity index (χ4v) is 8.93. The molecule has 4 aliphatic rings. The third-order valence-electron chi connectivity index (χ3n) is 10.6. The summed E-state index contributed by atoms with van der Waals surface area (Å²) in [6.07, 6.45) is 2.23. The molecule has 3 fully saturated rings. The number of aromatic hydroxyl groups is 1. The van der Waals surface area contributed by atoms with E-state index in [9.17, 15) is 19.5 Å². The minimum atomic E-state index is -1.67. The lowest BCUT2D eigenvalue weighted by molar-refractivity contribution is -0.140. The Labute approximate surface area is 292 Å². The van der Waals surface area contributed by atoms with Crippen molar-refractivity contribution in [2.45, 2.75) is 24.2 Å². The summed E-state index contributed by atoms with van der Waals surface area (Å²) in [6.45, 7) is 0. The highest BCUT2D eigenvalue weighted by atomic mass is 35.5.